The minimum Gasteiger partial charge on any atom is -0.496 e. The molecule has 2 aromatic carbocycles. The lowest BCUT2D eigenvalue weighted by atomic mass is 10.1. The number of aryl methyl sites for hydroxylation is 1. The van der Waals surface area contributed by atoms with Crippen molar-refractivity contribution in [2.45, 2.75) is 31.2 Å². The molecule has 0 fully saturated rings. The molecule has 4 nitrogen and oxygen atoms in total. The zero-order valence-electron chi connectivity index (χ0n) is 12.9. The fourth-order valence-corrected chi connectivity index (χ4v) is 4.81. The average Bonchev–Trinajstić information content (AvgIpc) is 2.83. The average molecular weight is 317 g/mol. The minimum atomic E-state index is -3.57. The lowest BCUT2D eigenvalue weighted by Crippen LogP contribution is -2.35. The molecule has 1 unspecified atom stereocenters. The Bertz CT molecular complexity index is 814. The first-order valence-corrected chi connectivity index (χ1v) is 8.66. The van der Waals surface area contributed by atoms with Crippen LogP contribution in [0.15, 0.2) is 47.4 Å². The zero-order valence-corrected chi connectivity index (χ0v) is 13.7. The van der Waals surface area contributed by atoms with Gasteiger partial charge in [-0.15, -0.1) is 0 Å². The number of methoxy groups -OCH3 is 1. The van der Waals surface area contributed by atoms with Crippen LogP contribution >= 0.6 is 0 Å². The normalized spacial score (nSPS) is 17.4. The highest BCUT2D eigenvalue weighted by atomic mass is 32.2. The van der Waals surface area contributed by atoms with Crippen LogP contribution in [0.1, 0.15) is 18.1 Å². The number of benzene rings is 2. The van der Waals surface area contributed by atoms with Crippen LogP contribution in [-0.4, -0.2) is 21.6 Å². The monoisotopic (exact) mass is 317 g/mol. The van der Waals surface area contributed by atoms with Crippen molar-refractivity contribution >= 4 is 15.7 Å². The van der Waals surface area contributed by atoms with Crippen LogP contribution < -0.4 is 9.04 Å². The number of para-hydroxylation sites is 1. The maximum absolute atomic E-state index is 13.0. The second-order valence-corrected chi connectivity index (χ2v) is 7.43. The first-order valence-electron chi connectivity index (χ1n) is 7.22. The number of sulfonamides is 1. The second-order valence-electron chi connectivity index (χ2n) is 5.61. The van der Waals surface area contributed by atoms with Gasteiger partial charge in [0.25, 0.3) is 10.0 Å². The van der Waals surface area contributed by atoms with E-state index in [1.807, 2.05) is 38.1 Å². The lowest BCUT2D eigenvalue weighted by Gasteiger charge is -2.24. The number of ether oxygens (including phenoxy) is 1. The fraction of sp³-hybridized carbons (Fsp3) is 0.294. The molecule has 3 rings (SSSR count). The molecular formula is C17H19NO3S. The summed E-state index contributed by atoms with van der Waals surface area (Å²) in [5.41, 5.74) is 2.66. The minimum absolute atomic E-state index is 0.0789. The Kier molecular flexibility index (Phi) is 3.60. The third-order valence-corrected chi connectivity index (χ3v) is 5.99. The van der Waals surface area contributed by atoms with Gasteiger partial charge in [0.15, 0.2) is 0 Å². The van der Waals surface area contributed by atoms with Gasteiger partial charge in [0.05, 0.1) is 17.7 Å². The summed E-state index contributed by atoms with van der Waals surface area (Å²) in [5, 5.41) is 0. The van der Waals surface area contributed by atoms with E-state index >= 15 is 0 Å². The van der Waals surface area contributed by atoms with E-state index in [0.29, 0.717) is 10.6 Å². The summed E-state index contributed by atoms with van der Waals surface area (Å²) >= 11 is 0. The van der Waals surface area contributed by atoms with E-state index in [1.54, 1.807) is 25.3 Å². The molecular weight excluding hydrogens is 298 g/mol. The summed E-state index contributed by atoms with van der Waals surface area (Å²) in [5.74, 6) is 0.689. The Balaban J connectivity index is 2.09. The van der Waals surface area contributed by atoms with Crippen LogP contribution in [0.3, 0.4) is 0 Å². The van der Waals surface area contributed by atoms with Crippen LogP contribution in [0, 0.1) is 6.92 Å². The van der Waals surface area contributed by atoms with E-state index < -0.39 is 10.0 Å². The first-order chi connectivity index (χ1) is 10.4. The van der Waals surface area contributed by atoms with Crippen LogP contribution in [0.4, 0.5) is 5.69 Å². The molecule has 2 aromatic rings. The van der Waals surface area contributed by atoms with Crippen molar-refractivity contribution in [1.29, 1.82) is 0 Å². The standard InChI is InChI=1S/C17H19NO3S/c1-12-10-15(8-9-17(12)21-3)22(19,20)18-13(2)11-14-6-4-5-7-16(14)18/h4-10,13H,11H2,1-3H3. The van der Waals surface area contributed by atoms with Gasteiger partial charge in [-0.3, -0.25) is 4.31 Å². The summed E-state index contributed by atoms with van der Waals surface area (Å²) in [4.78, 5) is 0.300. The van der Waals surface area contributed by atoms with E-state index in [2.05, 4.69) is 0 Å². The topological polar surface area (TPSA) is 46.6 Å². The van der Waals surface area contributed by atoms with Gasteiger partial charge in [0, 0.05) is 6.04 Å². The molecule has 0 bridgehead atoms. The molecule has 0 aromatic heterocycles. The highest BCUT2D eigenvalue weighted by Gasteiger charge is 2.35. The molecule has 1 aliphatic heterocycles. The van der Waals surface area contributed by atoms with Gasteiger partial charge in [-0.2, -0.15) is 0 Å². The molecule has 5 heteroatoms. The lowest BCUT2D eigenvalue weighted by molar-refractivity contribution is 0.411. The van der Waals surface area contributed by atoms with Gasteiger partial charge in [0.2, 0.25) is 0 Å². The number of anilines is 1. The summed E-state index contributed by atoms with van der Waals surface area (Å²) < 4.78 is 32.8. The van der Waals surface area contributed by atoms with Crippen molar-refractivity contribution in [3.63, 3.8) is 0 Å². The molecule has 1 atom stereocenters. The molecule has 0 saturated carbocycles. The first kappa shape index (κ1) is 14.9. The van der Waals surface area contributed by atoms with E-state index in [1.165, 1.54) is 4.31 Å². The van der Waals surface area contributed by atoms with E-state index in [9.17, 15) is 8.42 Å². The van der Waals surface area contributed by atoms with Gasteiger partial charge in [0.1, 0.15) is 5.75 Å². The van der Waals surface area contributed by atoms with Crippen molar-refractivity contribution in [2.24, 2.45) is 0 Å². The molecule has 1 aliphatic rings. The van der Waals surface area contributed by atoms with Crippen molar-refractivity contribution < 1.29 is 13.2 Å². The molecule has 0 spiro atoms. The number of fused-ring (bicyclic) bond motifs is 1. The van der Waals surface area contributed by atoms with Gasteiger partial charge in [-0.25, -0.2) is 8.42 Å². The highest BCUT2D eigenvalue weighted by Crippen LogP contribution is 2.37. The van der Waals surface area contributed by atoms with E-state index in [4.69, 9.17) is 4.74 Å². The summed E-state index contributed by atoms with van der Waals surface area (Å²) in [6, 6.07) is 12.6. The van der Waals surface area contributed by atoms with E-state index in [0.717, 1.165) is 23.2 Å². The molecule has 0 saturated heterocycles. The quantitative estimate of drug-likeness (QED) is 0.873. The van der Waals surface area contributed by atoms with Crippen molar-refractivity contribution in [2.75, 3.05) is 11.4 Å². The predicted octanol–water partition coefficient (Wildman–Crippen LogP) is 3.14. The summed E-state index contributed by atoms with van der Waals surface area (Å²) in [6.45, 7) is 3.78. The smallest absolute Gasteiger partial charge is 0.264 e. The Morgan fingerprint density at radius 3 is 2.59 bits per heavy atom. The number of hydrogen-bond donors (Lipinski definition) is 0. The van der Waals surface area contributed by atoms with Crippen LogP contribution in [0.25, 0.3) is 0 Å². The highest BCUT2D eigenvalue weighted by molar-refractivity contribution is 7.92. The van der Waals surface area contributed by atoms with Crippen LogP contribution in [-0.2, 0) is 16.4 Å². The van der Waals surface area contributed by atoms with Gasteiger partial charge in [-0.1, -0.05) is 18.2 Å². The molecule has 22 heavy (non-hydrogen) atoms. The molecule has 1 heterocycles. The molecule has 116 valence electrons. The fourth-order valence-electron chi connectivity index (χ4n) is 3.03. The maximum atomic E-state index is 13.0. The van der Waals surface area contributed by atoms with Crippen LogP contribution in [0.5, 0.6) is 5.75 Å². The Morgan fingerprint density at radius 2 is 1.91 bits per heavy atom. The predicted molar refractivity (Wildman–Crippen MR) is 87.0 cm³/mol. The van der Waals surface area contributed by atoms with Crippen molar-refractivity contribution in [1.82, 2.24) is 0 Å². The van der Waals surface area contributed by atoms with Crippen LogP contribution in [0.2, 0.25) is 0 Å². The Labute approximate surface area is 131 Å². The summed E-state index contributed by atoms with van der Waals surface area (Å²) in [6.07, 6.45) is 0.741. The molecule has 0 N–H and O–H groups in total. The maximum Gasteiger partial charge on any atom is 0.264 e. The zero-order chi connectivity index (χ0) is 15.9. The molecule has 0 radical (unpaired) electrons. The number of nitrogens with zero attached hydrogens (tertiary/aromatic N) is 1. The third kappa shape index (κ3) is 2.25. The largest absolute Gasteiger partial charge is 0.496 e. The number of rotatable bonds is 3. The SMILES string of the molecule is COc1ccc(S(=O)(=O)N2c3ccccc3CC2C)cc1C. The van der Waals surface area contributed by atoms with Gasteiger partial charge in [-0.05, 0) is 55.7 Å². The Hall–Kier alpha value is -2.01. The Morgan fingerprint density at radius 1 is 1.18 bits per heavy atom. The van der Waals surface area contributed by atoms with Crippen molar-refractivity contribution in [3.8, 4) is 5.75 Å². The summed E-state index contributed by atoms with van der Waals surface area (Å²) in [7, 11) is -1.99. The second kappa shape index (κ2) is 5.32. The van der Waals surface area contributed by atoms with Gasteiger partial charge >= 0.3 is 0 Å². The van der Waals surface area contributed by atoms with E-state index in [-0.39, 0.29) is 6.04 Å². The number of hydrogen-bond acceptors (Lipinski definition) is 3. The molecule has 0 aliphatic carbocycles. The van der Waals surface area contributed by atoms with Gasteiger partial charge < -0.3 is 4.74 Å². The third-order valence-electron chi connectivity index (χ3n) is 4.07. The molecule has 0 amide bonds. The van der Waals surface area contributed by atoms with Crippen molar-refractivity contribution in [3.05, 3.63) is 53.6 Å².